The van der Waals surface area contributed by atoms with E-state index in [1.165, 1.54) is 44.9 Å². The molecule has 2 aliphatic rings. The second kappa shape index (κ2) is 6.46. The molecule has 1 fully saturated rings. The summed E-state index contributed by atoms with van der Waals surface area (Å²) in [5, 5.41) is 7.40. The molecule has 1 saturated carbocycles. The van der Waals surface area contributed by atoms with Crippen molar-refractivity contribution in [3.8, 4) is 0 Å². The molecule has 1 heterocycles. The van der Waals surface area contributed by atoms with E-state index in [1.54, 1.807) is 0 Å². The van der Waals surface area contributed by atoms with Crippen LogP contribution in [-0.2, 0) is 6.42 Å². The molecule has 1 aromatic rings. The van der Waals surface area contributed by atoms with Crippen LogP contribution >= 0.6 is 0 Å². The van der Waals surface area contributed by atoms with Gasteiger partial charge in [-0.2, -0.15) is 0 Å². The first-order valence-corrected chi connectivity index (χ1v) is 6.45. The monoisotopic (exact) mass is 220 g/mol. The topological polar surface area (TPSA) is 38.9 Å². The average Bonchev–Trinajstić information content (AvgIpc) is 2.61. The van der Waals surface area contributed by atoms with E-state index in [-0.39, 0.29) is 0 Å². The molecule has 88 valence electrons. The Morgan fingerprint density at radius 3 is 2.06 bits per heavy atom. The van der Waals surface area contributed by atoms with Gasteiger partial charge in [0.25, 0.3) is 0 Å². The minimum atomic E-state index is 0.890. The zero-order valence-corrected chi connectivity index (χ0v) is 9.82. The van der Waals surface area contributed by atoms with Crippen molar-refractivity contribution in [2.24, 2.45) is 0 Å². The van der Waals surface area contributed by atoms with Gasteiger partial charge in [-0.15, -0.1) is 0 Å². The van der Waals surface area contributed by atoms with Crippen molar-refractivity contribution in [3.63, 3.8) is 0 Å². The Balaban J connectivity index is 0.000000125. The second-order valence-corrected chi connectivity index (χ2v) is 4.51. The first kappa shape index (κ1) is 11.4. The van der Waals surface area contributed by atoms with Gasteiger partial charge < -0.3 is 0 Å². The summed E-state index contributed by atoms with van der Waals surface area (Å²) in [5.74, 6) is 0. The molecule has 0 spiro atoms. The lowest BCUT2D eigenvalue weighted by Crippen LogP contribution is -1.91. The third-order valence-electron chi connectivity index (χ3n) is 3.16. The molecule has 0 amide bonds. The molecule has 0 N–H and O–H groups in total. The van der Waals surface area contributed by atoms with Crippen LogP contribution in [0, 0.1) is 0 Å². The van der Waals surface area contributed by atoms with Gasteiger partial charge in [0, 0.05) is 0 Å². The zero-order valence-electron chi connectivity index (χ0n) is 9.82. The van der Waals surface area contributed by atoms with Gasteiger partial charge in [-0.25, -0.2) is 4.63 Å². The summed E-state index contributed by atoms with van der Waals surface area (Å²) >= 11 is 0. The van der Waals surface area contributed by atoms with Crippen molar-refractivity contribution in [1.29, 1.82) is 0 Å². The molecule has 0 unspecified atom stereocenters. The first-order chi connectivity index (χ1) is 7.97. The number of rotatable bonds is 0. The molecular formula is C13H20N2O. The lowest BCUT2D eigenvalue weighted by Gasteiger charge is -1.95. The fraction of sp³-hybridized carbons (Fsp3) is 0.692. The highest BCUT2D eigenvalue weighted by atomic mass is 16.6. The van der Waals surface area contributed by atoms with Crippen molar-refractivity contribution in [1.82, 2.24) is 10.3 Å². The van der Waals surface area contributed by atoms with E-state index in [0.717, 1.165) is 24.2 Å². The Bertz CT molecular complexity index is 311. The minimum absolute atomic E-state index is 0.890. The summed E-state index contributed by atoms with van der Waals surface area (Å²) < 4.78 is 4.52. The highest BCUT2D eigenvalue weighted by molar-refractivity contribution is 5.48. The standard InChI is InChI=1S/C7H14.C6H6N2O/c1-2-4-6-7-5-3-1;1-2-4-6-5(3-1)7-9-8-6/h1-7H2;1,3H,2,4H2. The van der Waals surface area contributed by atoms with Gasteiger partial charge >= 0.3 is 0 Å². The van der Waals surface area contributed by atoms with Crippen LogP contribution in [0.25, 0.3) is 6.08 Å². The van der Waals surface area contributed by atoms with Crippen molar-refractivity contribution in [2.75, 3.05) is 0 Å². The molecule has 3 nitrogen and oxygen atoms in total. The van der Waals surface area contributed by atoms with Gasteiger partial charge in [0.2, 0.25) is 0 Å². The van der Waals surface area contributed by atoms with Gasteiger partial charge in [0.05, 0.1) is 0 Å². The third-order valence-corrected chi connectivity index (χ3v) is 3.16. The molecule has 3 rings (SSSR count). The van der Waals surface area contributed by atoms with Gasteiger partial charge in [-0.05, 0) is 18.9 Å². The van der Waals surface area contributed by atoms with Gasteiger partial charge in [0.1, 0.15) is 11.4 Å². The van der Waals surface area contributed by atoms with E-state index in [9.17, 15) is 0 Å². The molecule has 2 aliphatic carbocycles. The minimum Gasteiger partial charge on any atom is -0.244 e. The van der Waals surface area contributed by atoms with Crippen LogP contribution in [0.3, 0.4) is 0 Å². The number of nitrogens with zero attached hydrogens (tertiary/aromatic N) is 2. The van der Waals surface area contributed by atoms with Crippen molar-refractivity contribution >= 4 is 6.08 Å². The van der Waals surface area contributed by atoms with E-state index in [0.29, 0.717) is 0 Å². The number of hydrogen-bond acceptors (Lipinski definition) is 3. The maximum absolute atomic E-state index is 4.52. The van der Waals surface area contributed by atoms with Crippen LogP contribution in [0.4, 0.5) is 0 Å². The summed E-state index contributed by atoms with van der Waals surface area (Å²) in [4.78, 5) is 0. The average molecular weight is 220 g/mol. The van der Waals surface area contributed by atoms with E-state index >= 15 is 0 Å². The number of fused-ring (bicyclic) bond motifs is 1. The molecule has 0 radical (unpaired) electrons. The fourth-order valence-corrected chi connectivity index (χ4v) is 2.17. The van der Waals surface area contributed by atoms with E-state index in [1.807, 2.05) is 6.08 Å². The summed E-state index contributed by atoms with van der Waals surface area (Å²) in [5.41, 5.74) is 1.87. The van der Waals surface area contributed by atoms with Crippen LogP contribution in [0.15, 0.2) is 10.7 Å². The Kier molecular flexibility index (Phi) is 4.59. The highest BCUT2D eigenvalue weighted by Crippen LogP contribution is 2.15. The van der Waals surface area contributed by atoms with Crippen LogP contribution < -0.4 is 0 Å². The Labute approximate surface area is 96.9 Å². The largest absolute Gasteiger partial charge is 0.244 e. The Hall–Kier alpha value is -1.12. The summed E-state index contributed by atoms with van der Waals surface area (Å²) in [6, 6.07) is 0. The number of aromatic nitrogens is 2. The smallest absolute Gasteiger partial charge is 0.130 e. The molecule has 3 heteroatoms. The predicted octanol–water partition coefficient (Wildman–Crippen LogP) is 3.76. The summed E-state index contributed by atoms with van der Waals surface area (Å²) in [6.45, 7) is 0. The lowest BCUT2D eigenvalue weighted by molar-refractivity contribution is 0.303. The van der Waals surface area contributed by atoms with E-state index < -0.39 is 0 Å². The summed E-state index contributed by atoms with van der Waals surface area (Å²) in [6.07, 6.45) is 16.5. The molecular weight excluding hydrogens is 200 g/mol. The fourth-order valence-electron chi connectivity index (χ4n) is 2.17. The third kappa shape index (κ3) is 3.47. The van der Waals surface area contributed by atoms with Gasteiger partial charge in [-0.3, -0.25) is 0 Å². The molecule has 0 aliphatic heterocycles. The second-order valence-electron chi connectivity index (χ2n) is 4.51. The zero-order chi connectivity index (χ0) is 11.1. The predicted molar refractivity (Wildman–Crippen MR) is 64.0 cm³/mol. The van der Waals surface area contributed by atoms with Crippen LogP contribution in [0.2, 0.25) is 0 Å². The quantitative estimate of drug-likeness (QED) is 0.625. The lowest BCUT2D eigenvalue weighted by atomic mass is 10.1. The molecule has 0 atom stereocenters. The van der Waals surface area contributed by atoms with Crippen LogP contribution in [0.1, 0.15) is 62.8 Å². The SMILES string of the molecule is C1=Cc2nonc2CC1.C1CCCCCC1. The van der Waals surface area contributed by atoms with Crippen LogP contribution in [-0.4, -0.2) is 10.3 Å². The Morgan fingerprint density at radius 1 is 0.875 bits per heavy atom. The first-order valence-electron chi connectivity index (χ1n) is 6.45. The summed E-state index contributed by atoms with van der Waals surface area (Å²) in [7, 11) is 0. The molecule has 0 bridgehead atoms. The van der Waals surface area contributed by atoms with Crippen molar-refractivity contribution < 1.29 is 4.63 Å². The molecule has 0 saturated heterocycles. The van der Waals surface area contributed by atoms with Crippen molar-refractivity contribution in [2.45, 2.75) is 57.8 Å². The maximum atomic E-state index is 4.52. The normalized spacial score (nSPS) is 19.2. The van der Waals surface area contributed by atoms with E-state index in [4.69, 9.17) is 0 Å². The maximum Gasteiger partial charge on any atom is 0.130 e. The molecule has 16 heavy (non-hydrogen) atoms. The Morgan fingerprint density at radius 2 is 1.50 bits per heavy atom. The van der Waals surface area contributed by atoms with Crippen molar-refractivity contribution in [3.05, 3.63) is 17.5 Å². The van der Waals surface area contributed by atoms with E-state index in [2.05, 4.69) is 21.0 Å². The molecule has 1 aromatic heterocycles. The number of aryl methyl sites for hydroxylation is 1. The van der Waals surface area contributed by atoms with Gasteiger partial charge in [0.15, 0.2) is 0 Å². The molecule has 0 aromatic carbocycles. The van der Waals surface area contributed by atoms with Crippen LogP contribution in [0.5, 0.6) is 0 Å². The number of allylic oxidation sites excluding steroid dienone is 1. The van der Waals surface area contributed by atoms with Gasteiger partial charge in [-0.1, -0.05) is 61.3 Å². The number of hydrogen-bond donors (Lipinski definition) is 0. The highest BCUT2D eigenvalue weighted by Gasteiger charge is 2.08.